The molecule has 3 N–H and O–H groups in total. The van der Waals surface area contributed by atoms with Gasteiger partial charge in [0.25, 0.3) is 0 Å². The Morgan fingerprint density at radius 2 is 1.00 bits per heavy atom. The van der Waals surface area contributed by atoms with Gasteiger partial charge in [0.1, 0.15) is 5.84 Å². The van der Waals surface area contributed by atoms with E-state index in [1.165, 1.54) is 65.3 Å². The number of nitrogens with zero attached hydrogens (tertiary/aromatic N) is 2. The standard InChI is InChI=1S/C50H34N4/c51-49(32-13-3-1-4-14-32)53-50(52)36-16-11-15-33(29-36)34-25-27-43-44(30-34)40-20-8-7-19-39(40)42-23-12-22-38(48(42)43)35-26-28-47-45(31-35)41-21-9-10-24-46(41)54(47)37-17-5-2-6-18-37/h1-31H,(H3,51,52,53). The summed E-state index contributed by atoms with van der Waals surface area (Å²) in [5.41, 5.74) is 16.1. The predicted molar refractivity (Wildman–Crippen MR) is 228 cm³/mol. The molecular formula is C50H34N4. The summed E-state index contributed by atoms with van der Waals surface area (Å²) in [5, 5.41) is 18.3. The zero-order chi connectivity index (χ0) is 36.2. The van der Waals surface area contributed by atoms with Crippen LogP contribution < -0.4 is 5.73 Å². The normalized spacial score (nSPS) is 12.0. The summed E-state index contributed by atoms with van der Waals surface area (Å²) in [4.78, 5) is 4.44. The van der Waals surface area contributed by atoms with E-state index in [0.29, 0.717) is 5.84 Å². The van der Waals surface area contributed by atoms with Crippen LogP contribution in [0.15, 0.2) is 193 Å². The van der Waals surface area contributed by atoms with Gasteiger partial charge in [-0.2, -0.15) is 0 Å². The number of benzene rings is 9. The van der Waals surface area contributed by atoms with E-state index in [4.69, 9.17) is 11.1 Å². The summed E-state index contributed by atoms with van der Waals surface area (Å²) < 4.78 is 2.36. The lowest BCUT2D eigenvalue weighted by atomic mass is 9.88. The van der Waals surface area contributed by atoms with Crippen LogP contribution in [0.3, 0.4) is 0 Å². The molecule has 0 fully saturated rings. The van der Waals surface area contributed by atoms with Gasteiger partial charge in [-0.1, -0.05) is 146 Å². The van der Waals surface area contributed by atoms with Crippen LogP contribution >= 0.6 is 0 Å². The summed E-state index contributed by atoms with van der Waals surface area (Å²) in [7, 11) is 0. The van der Waals surface area contributed by atoms with Crippen molar-refractivity contribution in [1.82, 2.24) is 4.57 Å². The molecule has 54 heavy (non-hydrogen) atoms. The van der Waals surface area contributed by atoms with Crippen molar-refractivity contribution < 1.29 is 0 Å². The Morgan fingerprint density at radius 3 is 1.81 bits per heavy atom. The number of amidine groups is 2. The summed E-state index contributed by atoms with van der Waals surface area (Å²) in [5.74, 6) is 0.455. The number of aromatic nitrogens is 1. The molecule has 10 aromatic rings. The third-order valence-electron chi connectivity index (χ3n) is 10.6. The fraction of sp³-hybridized carbons (Fsp3) is 0. The molecule has 4 nitrogen and oxygen atoms in total. The molecule has 10 rings (SSSR count). The van der Waals surface area contributed by atoms with Gasteiger partial charge >= 0.3 is 0 Å². The van der Waals surface area contributed by atoms with Crippen molar-refractivity contribution in [3.8, 4) is 27.9 Å². The maximum atomic E-state index is 8.48. The van der Waals surface area contributed by atoms with Gasteiger partial charge in [-0.15, -0.1) is 0 Å². The van der Waals surface area contributed by atoms with E-state index < -0.39 is 0 Å². The number of para-hydroxylation sites is 2. The Bertz CT molecular complexity index is 3120. The van der Waals surface area contributed by atoms with Crippen molar-refractivity contribution in [3.05, 3.63) is 199 Å². The Labute approximate surface area is 312 Å². The summed E-state index contributed by atoms with van der Waals surface area (Å²) in [6, 6.07) is 66.1. The molecule has 4 heteroatoms. The van der Waals surface area contributed by atoms with Crippen molar-refractivity contribution >= 4 is 65.8 Å². The van der Waals surface area contributed by atoms with Gasteiger partial charge in [0.2, 0.25) is 0 Å². The van der Waals surface area contributed by atoms with E-state index >= 15 is 0 Å². The zero-order valence-electron chi connectivity index (χ0n) is 29.4. The van der Waals surface area contributed by atoms with Gasteiger partial charge in [0.05, 0.1) is 11.0 Å². The number of rotatable bonds is 5. The Kier molecular flexibility index (Phi) is 7.41. The lowest BCUT2D eigenvalue weighted by molar-refractivity contribution is 1.18. The van der Waals surface area contributed by atoms with Gasteiger partial charge in [0.15, 0.2) is 5.84 Å². The van der Waals surface area contributed by atoms with Crippen molar-refractivity contribution in [2.75, 3.05) is 0 Å². The van der Waals surface area contributed by atoms with E-state index in [9.17, 15) is 0 Å². The first-order valence-electron chi connectivity index (χ1n) is 18.2. The summed E-state index contributed by atoms with van der Waals surface area (Å²) in [6.07, 6.45) is 0. The maximum absolute atomic E-state index is 8.48. The first kappa shape index (κ1) is 31.4. The van der Waals surface area contributed by atoms with Crippen LogP contribution in [0.4, 0.5) is 0 Å². The van der Waals surface area contributed by atoms with Gasteiger partial charge in [-0.25, -0.2) is 4.99 Å². The lowest BCUT2D eigenvalue weighted by Gasteiger charge is -2.16. The Morgan fingerprint density at radius 1 is 0.426 bits per heavy atom. The Balaban J connectivity index is 1.14. The molecule has 0 aliphatic carbocycles. The molecule has 0 atom stereocenters. The molecule has 0 spiro atoms. The topological polar surface area (TPSA) is 67.2 Å². The third kappa shape index (κ3) is 5.15. The monoisotopic (exact) mass is 690 g/mol. The lowest BCUT2D eigenvalue weighted by Crippen LogP contribution is -2.16. The van der Waals surface area contributed by atoms with E-state index in [2.05, 4.69) is 155 Å². The molecule has 0 bridgehead atoms. The molecule has 0 amide bonds. The highest BCUT2D eigenvalue weighted by Crippen LogP contribution is 2.43. The number of fused-ring (bicyclic) bond motifs is 9. The van der Waals surface area contributed by atoms with Crippen LogP contribution in [0.2, 0.25) is 0 Å². The van der Waals surface area contributed by atoms with Crippen molar-refractivity contribution in [1.29, 1.82) is 5.41 Å². The summed E-state index contributed by atoms with van der Waals surface area (Å²) >= 11 is 0. The van der Waals surface area contributed by atoms with Crippen molar-refractivity contribution in [2.24, 2.45) is 10.7 Å². The molecule has 0 saturated carbocycles. The second-order valence-corrected chi connectivity index (χ2v) is 13.7. The second kappa shape index (κ2) is 12.7. The highest BCUT2D eigenvalue weighted by molar-refractivity contribution is 6.29. The minimum atomic E-state index is 0.138. The van der Waals surface area contributed by atoms with E-state index in [1.54, 1.807) is 0 Å². The maximum Gasteiger partial charge on any atom is 0.154 e. The third-order valence-corrected chi connectivity index (χ3v) is 10.6. The molecule has 0 saturated heterocycles. The zero-order valence-corrected chi connectivity index (χ0v) is 29.4. The second-order valence-electron chi connectivity index (χ2n) is 13.7. The van der Waals surface area contributed by atoms with Crippen LogP contribution in [0, 0.1) is 5.41 Å². The predicted octanol–water partition coefficient (Wildman–Crippen LogP) is 12.3. The van der Waals surface area contributed by atoms with Crippen LogP contribution in [0.25, 0.3) is 82.1 Å². The molecule has 0 unspecified atom stereocenters. The van der Waals surface area contributed by atoms with Crippen LogP contribution in [-0.2, 0) is 0 Å². The molecule has 0 aliphatic heterocycles. The largest absolute Gasteiger partial charge is 0.383 e. The van der Waals surface area contributed by atoms with Crippen molar-refractivity contribution in [3.63, 3.8) is 0 Å². The first-order valence-corrected chi connectivity index (χ1v) is 18.2. The number of nitrogens with two attached hydrogens (primary N) is 1. The number of hydrogen-bond acceptors (Lipinski definition) is 1. The fourth-order valence-corrected chi connectivity index (χ4v) is 8.12. The highest BCUT2D eigenvalue weighted by atomic mass is 15.0. The molecule has 254 valence electrons. The number of nitrogens with one attached hydrogen (secondary N) is 1. The van der Waals surface area contributed by atoms with E-state index in [0.717, 1.165) is 27.9 Å². The molecule has 9 aromatic carbocycles. The first-order chi connectivity index (χ1) is 26.6. The van der Waals surface area contributed by atoms with Crippen LogP contribution in [0.1, 0.15) is 11.1 Å². The smallest absolute Gasteiger partial charge is 0.154 e. The minimum absolute atomic E-state index is 0.138. The molecule has 0 aliphatic rings. The van der Waals surface area contributed by atoms with Gasteiger partial charge in [0, 0.05) is 27.6 Å². The van der Waals surface area contributed by atoms with Gasteiger partial charge in [-0.05, 0) is 97.0 Å². The average molecular weight is 691 g/mol. The fourth-order valence-electron chi connectivity index (χ4n) is 8.12. The SMILES string of the molecule is N=C(N=C(N)c1cccc(-c2ccc3c(c2)c2ccccc2c2cccc(-c4ccc5c(c4)c4ccccc4n5-c4ccccc4)c23)c1)c1ccccc1. The molecular weight excluding hydrogens is 657 g/mol. The van der Waals surface area contributed by atoms with Gasteiger partial charge < -0.3 is 10.3 Å². The molecule has 1 aromatic heterocycles. The number of hydrogen-bond donors (Lipinski definition) is 2. The summed E-state index contributed by atoms with van der Waals surface area (Å²) in [6.45, 7) is 0. The Hall–Kier alpha value is -7.30. The highest BCUT2D eigenvalue weighted by Gasteiger charge is 2.17. The number of aliphatic imine (C=N–C) groups is 1. The van der Waals surface area contributed by atoms with Crippen LogP contribution in [0.5, 0.6) is 0 Å². The van der Waals surface area contributed by atoms with Crippen molar-refractivity contribution in [2.45, 2.75) is 0 Å². The minimum Gasteiger partial charge on any atom is -0.383 e. The van der Waals surface area contributed by atoms with Crippen LogP contribution in [-0.4, -0.2) is 16.2 Å². The van der Waals surface area contributed by atoms with E-state index in [-0.39, 0.29) is 5.84 Å². The quantitative estimate of drug-likeness (QED) is 0.105. The average Bonchev–Trinajstić information content (AvgIpc) is 3.57. The van der Waals surface area contributed by atoms with Gasteiger partial charge in [-0.3, -0.25) is 5.41 Å². The van der Waals surface area contributed by atoms with E-state index in [1.807, 2.05) is 42.5 Å². The molecule has 1 heterocycles. The molecule has 0 radical (unpaired) electrons.